The second-order valence-corrected chi connectivity index (χ2v) is 4.93. The molecule has 1 aromatic heterocycles. The number of carbonyl (C=O) groups excluding carboxylic acids is 1. The van der Waals surface area contributed by atoms with E-state index in [0.29, 0.717) is 18.7 Å². The molecular weight excluding hydrogens is 240 g/mol. The van der Waals surface area contributed by atoms with Crippen molar-refractivity contribution in [3.8, 4) is 0 Å². The van der Waals surface area contributed by atoms with E-state index in [1.54, 1.807) is 36.1 Å². The van der Waals surface area contributed by atoms with Crippen LogP contribution in [0.3, 0.4) is 0 Å². The van der Waals surface area contributed by atoms with Crippen molar-refractivity contribution in [1.29, 1.82) is 0 Å². The molecule has 0 saturated heterocycles. The highest BCUT2D eigenvalue weighted by molar-refractivity contribution is 5.93. The highest BCUT2D eigenvalue weighted by Crippen LogP contribution is 2.15. The molecule has 0 saturated carbocycles. The second kappa shape index (κ2) is 6.02. The number of rotatable bonds is 4. The molecule has 1 heterocycles. The van der Waals surface area contributed by atoms with Crippen molar-refractivity contribution in [3.05, 3.63) is 18.0 Å². The molecule has 5 nitrogen and oxygen atoms in total. The van der Waals surface area contributed by atoms with Crippen LogP contribution in [-0.4, -0.2) is 40.7 Å². The van der Waals surface area contributed by atoms with Gasteiger partial charge in [-0.25, -0.2) is 0 Å². The van der Waals surface area contributed by atoms with E-state index in [9.17, 15) is 4.79 Å². The number of nitrogens with two attached hydrogens (primary N) is 1. The zero-order valence-corrected chi connectivity index (χ0v) is 11.6. The molecule has 0 spiro atoms. The molecule has 2 N–H and O–H groups in total. The summed E-state index contributed by atoms with van der Waals surface area (Å²) in [5.41, 5.74) is 6.19. The minimum Gasteiger partial charge on any atom is -0.341 e. The monoisotopic (exact) mass is 260 g/mol. The molecule has 0 radical (unpaired) electrons. The minimum absolute atomic E-state index is 0. The fourth-order valence-electron chi connectivity index (χ4n) is 1.53. The van der Waals surface area contributed by atoms with Gasteiger partial charge in [0.1, 0.15) is 0 Å². The number of aryl methyl sites for hydroxylation is 1. The van der Waals surface area contributed by atoms with Crippen molar-refractivity contribution in [3.63, 3.8) is 0 Å². The van der Waals surface area contributed by atoms with E-state index in [1.807, 2.05) is 13.8 Å². The van der Waals surface area contributed by atoms with Gasteiger partial charge in [-0.1, -0.05) is 13.8 Å². The van der Waals surface area contributed by atoms with Crippen LogP contribution >= 0.6 is 12.4 Å². The summed E-state index contributed by atoms with van der Waals surface area (Å²) in [5, 5.41) is 3.98. The first-order valence-corrected chi connectivity index (χ1v) is 5.30. The molecule has 6 heteroatoms. The zero-order valence-electron chi connectivity index (χ0n) is 10.8. The van der Waals surface area contributed by atoms with Crippen LogP contribution in [0, 0.1) is 5.41 Å². The van der Waals surface area contributed by atoms with Crippen molar-refractivity contribution >= 4 is 18.3 Å². The first-order chi connectivity index (χ1) is 7.35. The summed E-state index contributed by atoms with van der Waals surface area (Å²) in [5.74, 6) is -0.0189. The molecule has 1 rings (SSSR count). The van der Waals surface area contributed by atoms with E-state index in [2.05, 4.69) is 5.10 Å². The molecule has 0 unspecified atom stereocenters. The largest absolute Gasteiger partial charge is 0.341 e. The van der Waals surface area contributed by atoms with Crippen LogP contribution in [0.4, 0.5) is 0 Å². The maximum Gasteiger partial charge on any atom is 0.256 e. The lowest BCUT2D eigenvalue weighted by Gasteiger charge is -2.28. The summed E-state index contributed by atoms with van der Waals surface area (Å²) in [7, 11) is 3.58. The van der Waals surface area contributed by atoms with E-state index < -0.39 is 0 Å². The van der Waals surface area contributed by atoms with Crippen molar-refractivity contribution in [2.45, 2.75) is 13.8 Å². The van der Waals surface area contributed by atoms with Gasteiger partial charge in [-0.05, 0) is 12.0 Å². The zero-order chi connectivity index (χ0) is 12.3. The van der Waals surface area contributed by atoms with Crippen molar-refractivity contribution < 1.29 is 4.79 Å². The Morgan fingerprint density at radius 3 is 2.59 bits per heavy atom. The summed E-state index contributed by atoms with van der Waals surface area (Å²) in [6.45, 7) is 5.27. The average Bonchev–Trinajstić information content (AvgIpc) is 2.63. The molecule has 0 aliphatic heterocycles. The van der Waals surface area contributed by atoms with E-state index in [1.165, 1.54) is 0 Å². The minimum atomic E-state index is -0.0629. The molecule has 0 aliphatic carbocycles. The fourth-order valence-corrected chi connectivity index (χ4v) is 1.53. The molecule has 0 aliphatic rings. The van der Waals surface area contributed by atoms with Crippen molar-refractivity contribution in [1.82, 2.24) is 14.7 Å². The lowest BCUT2D eigenvalue weighted by molar-refractivity contribution is 0.0740. The number of halogens is 1. The van der Waals surface area contributed by atoms with E-state index >= 15 is 0 Å². The average molecular weight is 261 g/mol. The molecule has 0 bridgehead atoms. The van der Waals surface area contributed by atoms with Gasteiger partial charge in [0.2, 0.25) is 0 Å². The SMILES string of the molecule is CN(CC(C)(C)CN)C(=O)c1cnn(C)c1.Cl. The van der Waals surface area contributed by atoms with Crippen LogP contribution in [0.5, 0.6) is 0 Å². The van der Waals surface area contributed by atoms with Crippen LogP contribution in [0.2, 0.25) is 0 Å². The molecule has 1 aromatic rings. The Morgan fingerprint density at radius 1 is 1.59 bits per heavy atom. The third-order valence-electron chi connectivity index (χ3n) is 2.52. The van der Waals surface area contributed by atoms with Crippen LogP contribution in [0.1, 0.15) is 24.2 Å². The van der Waals surface area contributed by atoms with Crippen molar-refractivity contribution in [2.75, 3.05) is 20.1 Å². The van der Waals surface area contributed by atoms with Gasteiger partial charge in [0.15, 0.2) is 0 Å². The van der Waals surface area contributed by atoms with E-state index in [-0.39, 0.29) is 23.7 Å². The summed E-state index contributed by atoms with van der Waals surface area (Å²) >= 11 is 0. The molecular formula is C11H21ClN4O. The van der Waals surface area contributed by atoms with Gasteiger partial charge in [-0.2, -0.15) is 5.10 Å². The maximum absolute atomic E-state index is 12.0. The van der Waals surface area contributed by atoms with Crippen LogP contribution in [-0.2, 0) is 7.05 Å². The predicted molar refractivity (Wildman–Crippen MR) is 70.3 cm³/mol. The smallest absolute Gasteiger partial charge is 0.256 e. The topological polar surface area (TPSA) is 64.2 Å². The maximum atomic E-state index is 12.0. The van der Waals surface area contributed by atoms with Crippen LogP contribution in [0.25, 0.3) is 0 Å². The quantitative estimate of drug-likeness (QED) is 0.875. The van der Waals surface area contributed by atoms with Gasteiger partial charge in [-0.3, -0.25) is 9.48 Å². The van der Waals surface area contributed by atoms with Crippen molar-refractivity contribution in [2.24, 2.45) is 18.2 Å². The number of carbonyl (C=O) groups is 1. The molecule has 0 fully saturated rings. The summed E-state index contributed by atoms with van der Waals surface area (Å²) < 4.78 is 1.62. The third kappa shape index (κ3) is 4.36. The Kier molecular flexibility index (Phi) is 5.64. The number of amides is 1. The number of hydrogen-bond acceptors (Lipinski definition) is 3. The predicted octanol–water partition coefficient (Wildman–Crippen LogP) is 0.899. The van der Waals surface area contributed by atoms with E-state index in [0.717, 1.165) is 0 Å². The van der Waals surface area contributed by atoms with Gasteiger partial charge < -0.3 is 10.6 Å². The molecule has 17 heavy (non-hydrogen) atoms. The lowest BCUT2D eigenvalue weighted by atomic mass is 9.93. The van der Waals surface area contributed by atoms with E-state index in [4.69, 9.17) is 5.73 Å². The fraction of sp³-hybridized carbons (Fsp3) is 0.636. The van der Waals surface area contributed by atoms with Gasteiger partial charge >= 0.3 is 0 Å². The molecule has 0 atom stereocenters. The normalized spacial score (nSPS) is 10.9. The first kappa shape index (κ1) is 15.9. The molecule has 98 valence electrons. The number of hydrogen-bond donors (Lipinski definition) is 1. The highest BCUT2D eigenvalue weighted by Gasteiger charge is 2.22. The van der Waals surface area contributed by atoms with Crippen LogP contribution < -0.4 is 5.73 Å². The molecule has 0 aromatic carbocycles. The van der Waals surface area contributed by atoms with Gasteiger partial charge in [0, 0.05) is 26.8 Å². The first-order valence-electron chi connectivity index (χ1n) is 5.30. The second-order valence-electron chi connectivity index (χ2n) is 4.93. The van der Waals surface area contributed by atoms with Gasteiger partial charge in [-0.15, -0.1) is 12.4 Å². The van der Waals surface area contributed by atoms with Gasteiger partial charge in [0.25, 0.3) is 5.91 Å². The van der Waals surface area contributed by atoms with Crippen LogP contribution in [0.15, 0.2) is 12.4 Å². The summed E-state index contributed by atoms with van der Waals surface area (Å²) in [4.78, 5) is 13.7. The standard InChI is InChI=1S/C11H20N4O.ClH/c1-11(2,7-12)8-14(3)10(16)9-5-13-15(4)6-9;/h5-6H,7-8,12H2,1-4H3;1H. The summed E-state index contributed by atoms with van der Waals surface area (Å²) in [6, 6.07) is 0. The van der Waals surface area contributed by atoms with Gasteiger partial charge in [0.05, 0.1) is 11.8 Å². The Balaban J connectivity index is 0.00000256. The Morgan fingerprint density at radius 2 is 2.18 bits per heavy atom. The molecule has 1 amide bonds. The third-order valence-corrected chi connectivity index (χ3v) is 2.52. The lowest BCUT2D eigenvalue weighted by Crippen LogP contribution is -2.39. The Hall–Kier alpha value is -1.07. The Labute approximate surface area is 108 Å². The summed E-state index contributed by atoms with van der Waals surface area (Å²) in [6.07, 6.45) is 3.29. The highest BCUT2D eigenvalue weighted by atomic mass is 35.5. The number of nitrogens with zero attached hydrogens (tertiary/aromatic N) is 3. The number of aromatic nitrogens is 2. The Bertz CT molecular complexity index is 375.